The van der Waals surface area contributed by atoms with Crippen LogP contribution in [0.4, 0.5) is 0 Å². The number of thioether (sulfide) groups is 1. The zero-order chi connectivity index (χ0) is 13.1. The van der Waals surface area contributed by atoms with Crippen LogP contribution >= 0.6 is 11.8 Å². The second kappa shape index (κ2) is 6.06. The van der Waals surface area contributed by atoms with E-state index < -0.39 is 0 Å². The first-order valence-corrected chi connectivity index (χ1v) is 7.78. The van der Waals surface area contributed by atoms with E-state index in [1.807, 2.05) is 16.7 Å². The molecule has 0 bridgehead atoms. The molecule has 0 radical (unpaired) electrons. The van der Waals surface area contributed by atoms with E-state index in [2.05, 4.69) is 18.7 Å². The van der Waals surface area contributed by atoms with Gasteiger partial charge in [-0.15, -0.1) is 0 Å². The van der Waals surface area contributed by atoms with Gasteiger partial charge in [0.15, 0.2) is 0 Å². The van der Waals surface area contributed by atoms with Gasteiger partial charge in [-0.25, -0.2) is 0 Å². The van der Waals surface area contributed by atoms with E-state index in [9.17, 15) is 9.59 Å². The normalized spacial score (nSPS) is 30.6. The van der Waals surface area contributed by atoms with Crippen molar-refractivity contribution in [3.8, 4) is 0 Å². The number of hydrogen-bond donors (Lipinski definition) is 0. The Hall–Kier alpha value is -0.550. The van der Waals surface area contributed by atoms with Gasteiger partial charge in [0.05, 0.1) is 6.54 Å². The summed E-state index contributed by atoms with van der Waals surface area (Å²) >= 11 is 1.98. The van der Waals surface area contributed by atoms with Crippen LogP contribution in [-0.2, 0) is 9.59 Å². The fourth-order valence-corrected chi connectivity index (χ4v) is 3.66. The Kier molecular flexibility index (Phi) is 4.67. The molecule has 0 aromatic rings. The summed E-state index contributed by atoms with van der Waals surface area (Å²) < 4.78 is 0. The molecule has 2 heterocycles. The lowest BCUT2D eigenvalue weighted by Crippen LogP contribution is -2.51. The maximum Gasteiger partial charge on any atom is 0.236 e. The maximum absolute atomic E-state index is 12.2. The summed E-state index contributed by atoms with van der Waals surface area (Å²) in [6.45, 7) is 7.17. The number of likely N-dealkylation sites (tertiary alicyclic amines) is 1. The molecule has 2 fully saturated rings. The summed E-state index contributed by atoms with van der Waals surface area (Å²) in [5, 5.41) is 0.592. The lowest BCUT2D eigenvalue weighted by molar-refractivity contribution is -0.136. The second-order valence-electron chi connectivity index (χ2n) is 5.21. The van der Waals surface area contributed by atoms with Gasteiger partial charge in [-0.3, -0.25) is 14.5 Å². The number of Topliss-reactive ketones (excluding diaryl/α,β-unsaturated/α-hetero) is 1. The van der Waals surface area contributed by atoms with Crippen molar-refractivity contribution >= 4 is 23.5 Å². The number of rotatable bonds is 2. The van der Waals surface area contributed by atoms with Crippen molar-refractivity contribution < 1.29 is 9.59 Å². The number of hydrogen-bond acceptors (Lipinski definition) is 4. The van der Waals surface area contributed by atoms with Crippen molar-refractivity contribution in [1.82, 2.24) is 9.80 Å². The Balaban J connectivity index is 1.85. The Morgan fingerprint density at radius 2 is 1.94 bits per heavy atom. The van der Waals surface area contributed by atoms with Crippen molar-refractivity contribution in [2.75, 3.05) is 31.9 Å². The summed E-state index contributed by atoms with van der Waals surface area (Å²) in [6, 6.07) is 0.458. The monoisotopic (exact) mass is 270 g/mol. The first-order valence-electron chi connectivity index (χ1n) is 6.73. The molecule has 0 aliphatic carbocycles. The zero-order valence-electron chi connectivity index (χ0n) is 11.2. The van der Waals surface area contributed by atoms with Gasteiger partial charge in [0.2, 0.25) is 5.91 Å². The van der Waals surface area contributed by atoms with Crippen LogP contribution in [0.15, 0.2) is 0 Å². The minimum Gasteiger partial charge on any atom is -0.341 e. The second-order valence-corrected chi connectivity index (χ2v) is 6.69. The molecule has 0 spiro atoms. The molecule has 0 N–H and O–H groups in total. The van der Waals surface area contributed by atoms with Crippen molar-refractivity contribution in [1.29, 1.82) is 0 Å². The zero-order valence-corrected chi connectivity index (χ0v) is 12.0. The summed E-state index contributed by atoms with van der Waals surface area (Å²) in [4.78, 5) is 27.5. The molecule has 2 aliphatic rings. The molecule has 0 saturated carbocycles. The van der Waals surface area contributed by atoms with Crippen LogP contribution in [0, 0.1) is 0 Å². The molecule has 2 atom stereocenters. The van der Waals surface area contributed by atoms with Crippen LogP contribution in [0.5, 0.6) is 0 Å². The van der Waals surface area contributed by atoms with E-state index in [4.69, 9.17) is 0 Å². The SMILES string of the molecule is CC1SCCN(CC(=O)N2CCC(=O)CC2)C1C. The molecule has 5 heteroatoms. The van der Waals surface area contributed by atoms with Crippen molar-refractivity contribution in [2.24, 2.45) is 0 Å². The molecule has 2 saturated heterocycles. The molecular weight excluding hydrogens is 248 g/mol. The third-order valence-electron chi connectivity index (χ3n) is 4.03. The fourth-order valence-electron chi connectivity index (χ4n) is 2.50. The van der Waals surface area contributed by atoms with Crippen molar-refractivity contribution in [2.45, 2.75) is 38.0 Å². The van der Waals surface area contributed by atoms with Crippen molar-refractivity contribution in [3.63, 3.8) is 0 Å². The van der Waals surface area contributed by atoms with Crippen LogP contribution in [0.25, 0.3) is 0 Å². The molecule has 2 unspecified atom stereocenters. The molecule has 2 rings (SSSR count). The van der Waals surface area contributed by atoms with Gasteiger partial charge in [0.1, 0.15) is 5.78 Å². The Morgan fingerprint density at radius 3 is 2.61 bits per heavy atom. The highest BCUT2D eigenvalue weighted by atomic mass is 32.2. The lowest BCUT2D eigenvalue weighted by Gasteiger charge is -2.38. The van der Waals surface area contributed by atoms with E-state index >= 15 is 0 Å². The largest absolute Gasteiger partial charge is 0.341 e. The molecule has 4 nitrogen and oxygen atoms in total. The van der Waals surface area contributed by atoms with Gasteiger partial charge in [-0.2, -0.15) is 11.8 Å². The standard InChI is InChI=1S/C13H22N2O2S/c1-10-11(2)18-8-7-15(10)9-13(17)14-5-3-12(16)4-6-14/h10-11H,3-9H2,1-2H3. The van der Waals surface area contributed by atoms with Gasteiger partial charge in [-0.05, 0) is 6.92 Å². The highest BCUT2D eigenvalue weighted by Crippen LogP contribution is 2.24. The average Bonchev–Trinajstić information content (AvgIpc) is 2.36. The van der Waals surface area contributed by atoms with Crippen LogP contribution in [-0.4, -0.2) is 64.7 Å². The molecule has 18 heavy (non-hydrogen) atoms. The lowest BCUT2D eigenvalue weighted by atomic mass is 10.1. The number of carbonyl (C=O) groups excluding carboxylic acids is 2. The minimum absolute atomic E-state index is 0.188. The first-order chi connectivity index (χ1) is 8.58. The topological polar surface area (TPSA) is 40.6 Å². The molecule has 2 aliphatic heterocycles. The summed E-state index contributed by atoms with van der Waals surface area (Å²) in [5.41, 5.74) is 0. The van der Waals surface area contributed by atoms with Crippen LogP contribution in [0.2, 0.25) is 0 Å². The van der Waals surface area contributed by atoms with E-state index in [1.54, 1.807) is 0 Å². The maximum atomic E-state index is 12.2. The van der Waals surface area contributed by atoms with Crippen LogP contribution in [0.3, 0.4) is 0 Å². The molecule has 1 amide bonds. The molecule has 102 valence electrons. The summed E-state index contributed by atoms with van der Waals surface area (Å²) in [5.74, 6) is 1.58. The van der Waals surface area contributed by atoms with Crippen LogP contribution in [0.1, 0.15) is 26.7 Å². The fraction of sp³-hybridized carbons (Fsp3) is 0.846. The van der Waals surface area contributed by atoms with Crippen molar-refractivity contribution in [3.05, 3.63) is 0 Å². The van der Waals surface area contributed by atoms with Gasteiger partial charge >= 0.3 is 0 Å². The Bertz CT molecular complexity index is 325. The van der Waals surface area contributed by atoms with Gasteiger partial charge in [0.25, 0.3) is 0 Å². The number of nitrogens with zero attached hydrogens (tertiary/aromatic N) is 2. The van der Waals surface area contributed by atoms with Gasteiger partial charge in [0, 0.05) is 49.5 Å². The third kappa shape index (κ3) is 3.26. The third-order valence-corrected chi connectivity index (χ3v) is 5.36. The molecule has 0 aromatic heterocycles. The predicted octanol–water partition coefficient (Wildman–Crippen LogP) is 1.00. The average molecular weight is 270 g/mol. The van der Waals surface area contributed by atoms with Crippen LogP contribution < -0.4 is 0 Å². The number of amides is 1. The predicted molar refractivity (Wildman–Crippen MR) is 73.8 cm³/mol. The first kappa shape index (κ1) is 13.9. The highest BCUT2D eigenvalue weighted by Gasteiger charge is 2.29. The number of piperidine rings is 1. The Labute approximate surface area is 113 Å². The Morgan fingerprint density at radius 1 is 1.28 bits per heavy atom. The van der Waals surface area contributed by atoms with E-state index in [0.717, 1.165) is 12.3 Å². The van der Waals surface area contributed by atoms with E-state index in [0.29, 0.717) is 43.8 Å². The smallest absolute Gasteiger partial charge is 0.236 e. The highest BCUT2D eigenvalue weighted by molar-refractivity contribution is 8.00. The number of carbonyl (C=O) groups is 2. The van der Waals surface area contributed by atoms with Gasteiger partial charge < -0.3 is 4.90 Å². The minimum atomic E-state index is 0.188. The summed E-state index contributed by atoms with van der Waals surface area (Å²) in [6.07, 6.45) is 1.07. The van der Waals surface area contributed by atoms with Gasteiger partial charge in [-0.1, -0.05) is 6.92 Å². The quantitative estimate of drug-likeness (QED) is 0.751. The van der Waals surface area contributed by atoms with E-state index in [-0.39, 0.29) is 11.7 Å². The summed E-state index contributed by atoms with van der Waals surface area (Å²) in [7, 11) is 0. The van der Waals surface area contributed by atoms with E-state index in [1.165, 1.54) is 0 Å². The molecular formula is C13H22N2O2S. The molecule has 0 aromatic carbocycles. The number of ketones is 1.